The number of fused-ring (bicyclic) bond motifs is 1. The fraction of sp³-hybridized carbons (Fsp3) is 0.364. The zero-order chi connectivity index (χ0) is 20.8. The third-order valence-corrected chi connectivity index (χ3v) is 5.89. The molecule has 154 valence electrons. The molecule has 30 heavy (non-hydrogen) atoms. The summed E-state index contributed by atoms with van der Waals surface area (Å²) in [4.78, 5) is 19.7. The van der Waals surface area contributed by atoms with Gasteiger partial charge in [0.25, 0.3) is 5.56 Å². The summed E-state index contributed by atoms with van der Waals surface area (Å²) >= 11 is 0. The fourth-order valence-electron chi connectivity index (χ4n) is 4.38. The molecule has 1 aliphatic rings. The monoisotopic (exact) mass is 403 g/mol. The lowest BCUT2D eigenvalue weighted by Crippen LogP contribution is -2.39. The second kappa shape index (κ2) is 7.12. The quantitative estimate of drug-likeness (QED) is 0.526. The Labute approximate surface area is 174 Å². The number of anilines is 1. The van der Waals surface area contributed by atoms with Crippen molar-refractivity contribution in [3.05, 3.63) is 64.2 Å². The molecule has 1 saturated heterocycles. The molecule has 0 spiro atoms. The topological polar surface area (TPSA) is 73.8 Å². The third kappa shape index (κ3) is 3.08. The molecule has 8 nitrogen and oxygen atoms in total. The number of rotatable bonds is 3. The van der Waals surface area contributed by atoms with Gasteiger partial charge in [-0.05, 0) is 51.0 Å². The Bertz CT molecular complexity index is 1270. The summed E-state index contributed by atoms with van der Waals surface area (Å²) in [6.07, 6.45) is 1.69. The van der Waals surface area contributed by atoms with Gasteiger partial charge in [-0.1, -0.05) is 12.1 Å². The van der Waals surface area contributed by atoms with Gasteiger partial charge in [0, 0.05) is 31.9 Å². The largest absolute Gasteiger partial charge is 0.342 e. The molecule has 8 heteroatoms. The molecule has 1 aliphatic heterocycles. The van der Waals surface area contributed by atoms with E-state index in [0.717, 1.165) is 54.3 Å². The molecule has 0 radical (unpaired) electrons. The van der Waals surface area contributed by atoms with Crippen LogP contribution < -0.4 is 10.5 Å². The van der Waals surface area contributed by atoms with E-state index in [9.17, 15) is 4.79 Å². The number of para-hydroxylation sites is 2. The minimum absolute atomic E-state index is 0.0681. The highest BCUT2D eigenvalue weighted by molar-refractivity contribution is 5.78. The first-order chi connectivity index (χ1) is 14.5. The summed E-state index contributed by atoms with van der Waals surface area (Å²) < 4.78 is 5.57. The summed E-state index contributed by atoms with van der Waals surface area (Å²) in [5.41, 5.74) is 4.00. The molecule has 0 N–H and O–H groups in total. The van der Waals surface area contributed by atoms with Crippen molar-refractivity contribution in [1.82, 2.24) is 29.1 Å². The van der Waals surface area contributed by atoms with Crippen LogP contribution in [0.1, 0.15) is 30.3 Å². The van der Waals surface area contributed by atoms with Crippen LogP contribution in [0.4, 0.5) is 5.95 Å². The zero-order valence-corrected chi connectivity index (χ0v) is 17.5. The highest BCUT2D eigenvalue weighted by atomic mass is 16.1. The fourth-order valence-corrected chi connectivity index (χ4v) is 4.38. The van der Waals surface area contributed by atoms with Gasteiger partial charge in [0.05, 0.1) is 22.8 Å². The van der Waals surface area contributed by atoms with E-state index < -0.39 is 0 Å². The second-order valence-corrected chi connectivity index (χ2v) is 7.99. The molecule has 0 saturated carbocycles. The Hall–Kier alpha value is -3.42. The van der Waals surface area contributed by atoms with Crippen LogP contribution in [-0.4, -0.2) is 42.2 Å². The number of piperidine rings is 1. The Morgan fingerprint density at radius 1 is 1.00 bits per heavy atom. The van der Waals surface area contributed by atoms with Gasteiger partial charge in [-0.15, -0.1) is 5.10 Å². The first-order valence-corrected chi connectivity index (χ1v) is 10.3. The smallest absolute Gasteiger partial charge is 0.267 e. The number of aromatic nitrogens is 6. The lowest BCUT2D eigenvalue weighted by molar-refractivity contribution is 0.349. The van der Waals surface area contributed by atoms with E-state index in [4.69, 9.17) is 4.98 Å². The van der Waals surface area contributed by atoms with Crippen LogP contribution in [0.15, 0.2) is 47.3 Å². The lowest BCUT2D eigenvalue weighted by Gasteiger charge is -2.32. The summed E-state index contributed by atoms with van der Waals surface area (Å²) in [5.74, 6) is 1.66. The molecule has 1 fully saturated rings. The van der Waals surface area contributed by atoms with Gasteiger partial charge in [0.1, 0.15) is 0 Å². The third-order valence-electron chi connectivity index (χ3n) is 5.89. The minimum Gasteiger partial charge on any atom is -0.342 e. The molecule has 0 amide bonds. The van der Waals surface area contributed by atoms with Gasteiger partial charge in [-0.25, -0.2) is 14.3 Å². The Morgan fingerprint density at radius 3 is 2.47 bits per heavy atom. The van der Waals surface area contributed by atoms with E-state index in [0.29, 0.717) is 5.82 Å². The van der Waals surface area contributed by atoms with E-state index >= 15 is 0 Å². The molecule has 5 rings (SSSR count). The van der Waals surface area contributed by atoms with Crippen molar-refractivity contribution in [3.63, 3.8) is 0 Å². The number of benzene rings is 1. The van der Waals surface area contributed by atoms with Crippen LogP contribution in [0.3, 0.4) is 0 Å². The van der Waals surface area contributed by atoms with Crippen LogP contribution in [0.5, 0.6) is 0 Å². The van der Waals surface area contributed by atoms with E-state index in [-0.39, 0.29) is 11.6 Å². The molecule has 4 heterocycles. The van der Waals surface area contributed by atoms with E-state index in [2.05, 4.69) is 32.8 Å². The molecule has 3 aromatic heterocycles. The molecule has 0 unspecified atom stereocenters. The minimum atomic E-state index is -0.0681. The van der Waals surface area contributed by atoms with Crippen molar-refractivity contribution in [2.45, 2.75) is 32.7 Å². The molecule has 4 aromatic rings. The van der Waals surface area contributed by atoms with Crippen molar-refractivity contribution in [2.75, 3.05) is 18.0 Å². The predicted octanol–water partition coefficient (Wildman–Crippen LogP) is 2.77. The Kier molecular flexibility index (Phi) is 4.42. The van der Waals surface area contributed by atoms with E-state index in [1.54, 1.807) is 21.5 Å². The van der Waals surface area contributed by atoms with E-state index in [1.165, 1.54) is 0 Å². The van der Waals surface area contributed by atoms with Crippen LogP contribution >= 0.6 is 0 Å². The van der Waals surface area contributed by atoms with Crippen molar-refractivity contribution in [2.24, 2.45) is 7.05 Å². The summed E-state index contributed by atoms with van der Waals surface area (Å²) in [6, 6.07) is 13.6. The van der Waals surface area contributed by atoms with E-state index in [1.807, 2.05) is 38.1 Å². The molecule has 1 aromatic carbocycles. The maximum atomic E-state index is 12.6. The normalized spacial score (nSPS) is 15.2. The van der Waals surface area contributed by atoms with Gasteiger partial charge in [-0.3, -0.25) is 4.79 Å². The standard InChI is InChI=1S/C22H25N7O/c1-15-14-16(2)28(24-15)20-8-9-21(30)29(25-20)17-10-12-27(13-11-17)22-23-18-6-4-5-7-19(18)26(22)3/h4-9,14,17H,10-13H2,1-3H3. The first-order valence-electron chi connectivity index (χ1n) is 10.3. The second-order valence-electron chi connectivity index (χ2n) is 7.99. The maximum absolute atomic E-state index is 12.6. The van der Waals surface area contributed by atoms with Gasteiger partial charge < -0.3 is 9.47 Å². The van der Waals surface area contributed by atoms with Crippen molar-refractivity contribution < 1.29 is 0 Å². The molecule has 0 bridgehead atoms. The first kappa shape index (κ1) is 18.6. The molecular weight excluding hydrogens is 378 g/mol. The average molecular weight is 403 g/mol. The number of hydrogen-bond acceptors (Lipinski definition) is 5. The summed E-state index contributed by atoms with van der Waals surface area (Å²) in [6.45, 7) is 5.61. The average Bonchev–Trinajstić information content (AvgIpc) is 3.27. The van der Waals surface area contributed by atoms with Gasteiger partial charge in [0.15, 0.2) is 5.82 Å². The van der Waals surface area contributed by atoms with Crippen LogP contribution in [0.25, 0.3) is 16.9 Å². The maximum Gasteiger partial charge on any atom is 0.267 e. The molecular formula is C22H25N7O. The molecule has 0 atom stereocenters. The number of hydrogen-bond donors (Lipinski definition) is 0. The Balaban J connectivity index is 1.39. The van der Waals surface area contributed by atoms with Crippen LogP contribution in [0, 0.1) is 13.8 Å². The number of imidazole rings is 1. The lowest BCUT2D eigenvalue weighted by atomic mass is 10.1. The SMILES string of the molecule is Cc1cc(C)n(-c2ccc(=O)n(C3CCN(c4nc5ccccc5n4C)CC3)n2)n1. The van der Waals surface area contributed by atoms with Crippen molar-refractivity contribution in [1.29, 1.82) is 0 Å². The number of nitrogens with zero attached hydrogens (tertiary/aromatic N) is 7. The highest BCUT2D eigenvalue weighted by Crippen LogP contribution is 2.27. The number of aryl methyl sites for hydroxylation is 3. The van der Waals surface area contributed by atoms with Gasteiger partial charge in [-0.2, -0.15) is 5.10 Å². The highest BCUT2D eigenvalue weighted by Gasteiger charge is 2.25. The van der Waals surface area contributed by atoms with Crippen molar-refractivity contribution >= 4 is 17.0 Å². The van der Waals surface area contributed by atoms with Gasteiger partial charge in [0.2, 0.25) is 5.95 Å². The van der Waals surface area contributed by atoms with Crippen molar-refractivity contribution in [3.8, 4) is 5.82 Å². The summed E-state index contributed by atoms with van der Waals surface area (Å²) in [5, 5.41) is 9.15. The summed E-state index contributed by atoms with van der Waals surface area (Å²) in [7, 11) is 2.06. The predicted molar refractivity (Wildman–Crippen MR) is 116 cm³/mol. The van der Waals surface area contributed by atoms with Crippen LogP contribution in [-0.2, 0) is 7.05 Å². The molecule has 0 aliphatic carbocycles. The zero-order valence-electron chi connectivity index (χ0n) is 17.5. The van der Waals surface area contributed by atoms with Gasteiger partial charge >= 0.3 is 0 Å². The van der Waals surface area contributed by atoms with Crippen LogP contribution in [0.2, 0.25) is 0 Å². The Morgan fingerprint density at radius 2 is 1.77 bits per heavy atom.